The van der Waals surface area contributed by atoms with Gasteiger partial charge in [0.1, 0.15) is 16.5 Å². The minimum atomic E-state index is -0.776. The summed E-state index contributed by atoms with van der Waals surface area (Å²) in [5.74, 6) is 0.0680. The van der Waals surface area contributed by atoms with Gasteiger partial charge in [0.2, 0.25) is 5.43 Å². The number of allylic oxidation sites excluding steroid dienone is 3. The van der Waals surface area contributed by atoms with Gasteiger partial charge in [-0.3, -0.25) is 24.5 Å². The Morgan fingerprint density at radius 1 is 1.37 bits per heavy atom. The van der Waals surface area contributed by atoms with Gasteiger partial charge in [-0.25, -0.2) is 0 Å². The first-order valence-corrected chi connectivity index (χ1v) is 13.5. The molecule has 4 rings (SSSR count). The van der Waals surface area contributed by atoms with E-state index in [1.807, 2.05) is 22.6 Å². The van der Waals surface area contributed by atoms with Gasteiger partial charge in [0.25, 0.3) is 5.91 Å². The average Bonchev–Trinajstić information content (AvgIpc) is 3.33. The fourth-order valence-corrected chi connectivity index (χ4v) is 5.71. The van der Waals surface area contributed by atoms with Gasteiger partial charge in [-0.1, -0.05) is 30.2 Å². The van der Waals surface area contributed by atoms with Gasteiger partial charge < -0.3 is 19.7 Å². The predicted octanol–water partition coefficient (Wildman–Crippen LogP) is 3.31. The number of pyridine rings is 1. The van der Waals surface area contributed by atoms with Crippen molar-refractivity contribution < 1.29 is 14.6 Å². The van der Waals surface area contributed by atoms with E-state index in [4.69, 9.17) is 4.74 Å². The van der Waals surface area contributed by atoms with E-state index in [2.05, 4.69) is 41.3 Å². The normalized spacial score (nSPS) is 16.4. The van der Waals surface area contributed by atoms with Crippen LogP contribution in [0, 0.1) is 5.92 Å². The molecule has 9 nitrogen and oxygen atoms in total. The van der Waals surface area contributed by atoms with Crippen molar-refractivity contribution in [2.75, 3.05) is 33.9 Å². The highest BCUT2D eigenvalue weighted by molar-refractivity contribution is 7.18. The number of thiophene rings is 1. The van der Waals surface area contributed by atoms with Gasteiger partial charge in [0, 0.05) is 56.8 Å². The first-order chi connectivity index (χ1) is 18.3. The number of carbonyl (C=O) groups excluding carboxylic acids is 1. The third kappa shape index (κ3) is 6.63. The summed E-state index contributed by atoms with van der Waals surface area (Å²) in [4.78, 5) is 38.4. The number of methoxy groups -OCH3 is 1. The summed E-state index contributed by atoms with van der Waals surface area (Å²) in [6.45, 7) is 6.55. The molecular formula is C28H35N5O4S. The zero-order valence-corrected chi connectivity index (χ0v) is 23.1. The van der Waals surface area contributed by atoms with Gasteiger partial charge in [-0.2, -0.15) is 0 Å². The highest BCUT2D eigenvalue weighted by atomic mass is 32.1. The summed E-state index contributed by atoms with van der Waals surface area (Å²) in [7, 11) is 3.52. The molecule has 1 aliphatic rings. The molecule has 3 aromatic heterocycles. The molecule has 1 aliphatic carbocycles. The van der Waals surface area contributed by atoms with Crippen molar-refractivity contribution in [1.82, 2.24) is 24.8 Å². The van der Waals surface area contributed by atoms with Crippen LogP contribution in [0.15, 0.2) is 58.9 Å². The minimum absolute atomic E-state index is 0.126. The second-order valence-electron chi connectivity index (χ2n) is 9.86. The first kappa shape index (κ1) is 27.8. The number of aromatic nitrogens is 3. The van der Waals surface area contributed by atoms with E-state index < -0.39 is 6.10 Å². The van der Waals surface area contributed by atoms with Gasteiger partial charge in [-0.15, -0.1) is 11.3 Å². The number of aliphatic hydroxyl groups excluding tert-OH is 1. The molecule has 1 amide bonds. The lowest BCUT2D eigenvalue weighted by atomic mass is 9.89. The van der Waals surface area contributed by atoms with E-state index in [0.717, 1.165) is 21.7 Å². The van der Waals surface area contributed by atoms with Gasteiger partial charge in [-0.05, 0) is 32.4 Å². The zero-order valence-electron chi connectivity index (χ0n) is 22.3. The van der Waals surface area contributed by atoms with Crippen LogP contribution in [-0.2, 0) is 17.8 Å². The monoisotopic (exact) mass is 537 g/mol. The number of hydrogen-bond donors (Lipinski definition) is 2. The molecule has 38 heavy (non-hydrogen) atoms. The Labute approximate surface area is 226 Å². The van der Waals surface area contributed by atoms with Crippen LogP contribution < -0.4 is 10.7 Å². The van der Waals surface area contributed by atoms with E-state index in [1.165, 1.54) is 16.9 Å². The third-order valence-electron chi connectivity index (χ3n) is 6.82. The number of amides is 1. The molecule has 0 fully saturated rings. The number of hydrogen-bond acceptors (Lipinski definition) is 8. The fourth-order valence-electron chi connectivity index (χ4n) is 4.48. The molecule has 0 radical (unpaired) electrons. The molecular weight excluding hydrogens is 502 g/mol. The molecule has 0 aliphatic heterocycles. The van der Waals surface area contributed by atoms with E-state index in [0.29, 0.717) is 49.8 Å². The second kappa shape index (κ2) is 12.6. The summed E-state index contributed by atoms with van der Waals surface area (Å²) in [6.07, 6.45) is 10.6. The molecule has 3 aromatic rings. The number of ether oxygens (including phenoxy) is 1. The van der Waals surface area contributed by atoms with Gasteiger partial charge in [0.15, 0.2) is 0 Å². The highest BCUT2D eigenvalue weighted by Gasteiger charge is 2.20. The minimum Gasteiger partial charge on any atom is -0.385 e. The molecule has 10 heteroatoms. The van der Waals surface area contributed by atoms with Crippen LogP contribution in [0.1, 0.15) is 47.3 Å². The lowest BCUT2D eigenvalue weighted by molar-refractivity contribution is 0.0954. The van der Waals surface area contributed by atoms with Crippen molar-refractivity contribution in [3.8, 4) is 0 Å². The SMILES string of the molecule is COCCn1cc(C(=O)NCC2=CC=C(C)C(C)C2)c(=O)c2cc(CN(C)CC(O)c3cnccn3)sc21. The van der Waals surface area contributed by atoms with E-state index in [1.54, 1.807) is 31.9 Å². The number of likely N-dealkylation sites (N-methyl/N-ethyl adjacent to an activating group) is 1. The predicted molar refractivity (Wildman–Crippen MR) is 149 cm³/mol. The Morgan fingerprint density at radius 3 is 2.89 bits per heavy atom. The van der Waals surface area contributed by atoms with Crippen molar-refractivity contribution >= 4 is 27.5 Å². The summed E-state index contributed by atoms with van der Waals surface area (Å²) in [5, 5.41) is 14.0. The van der Waals surface area contributed by atoms with Crippen LogP contribution in [0.2, 0.25) is 0 Å². The van der Waals surface area contributed by atoms with Crippen molar-refractivity contribution in [2.24, 2.45) is 5.92 Å². The molecule has 0 saturated heterocycles. The second-order valence-corrected chi connectivity index (χ2v) is 11.0. The molecule has 2 atom stereocenters. The summed E-state index contributed by atoms with van der Waals surface area (Å²) >= 11 is 1.51. The number of nitrogens with one attached hydrogen (secondary N) is 1. The molecule has 202 valence electrons. The fraction of sp³-hybridized carbons (Fsp3) is 0.429. The molecule has 0 saturated carbocycles. The van der Waals surface area contributed by atoms with Crippen LogP contribution in [-0.4, -0.2) is 64.3 Å². The van der Waals surface area contributed by atoms with E-state index >= 15 is 0 Å². The largest absolute Gasteiger partial charge is 0.385 e. The van der Waals surface area contributed by atoms with Crippen molar-refractivity contribution in [1.29, 1.82) is 0 Å². The summed E-state index contributed by atoms with van der Waals surface area (Å²) in [5.41, 5.74) is 2.82. The highest BCUT2D eigenvalue weighted by Crippen LogP contribution is 2.26. The summed E-state index contributed by atoms with van der Waals surface area (Å²) < 4.78 is 7.20. The maximum Gasteiger partial charge on any atom is 0.257 e. The zero-order chi connectivity index (χ0) is 27.2. The lowest BCUT2D eigenvalue weighted by Crippen LogP contribution is -2.31. The quantitative estimate of drug-likeness (QED) is 0.386. The van der Waals surface area contributed by atoms with E-state index in [9.17, 15) is 14.7 Å². The molecule has 2 N–H and O–H groups in total. The number of carbonyl (C=O) groups is 1. The Balaban J connectivity index is 1.54. The maximum absolute atomic E-state index is 13.4. The van der Waals surface area contributed by atoms with Crippen molar-refractivity contribution in [2.45, 2.75) is 39.5 Å². The molecule has 0 bridgehead atoms. The summed E-state index contributed by atoms with van der Waals surface area (Å²) in [6, 6.07) is 1.85. The Bertz CT molecular complexity index is 1400. The molecule has 3 heterocycles. The number of rotatable bonds is 11. The van der Waals surface area contributed by atoms with Crippen LogP contribution in [0.25, 0.3) is 10.2 Å². The molecule has 2 unspecified atom stereocenters. The van der Waals surface area contributed by atoms with Crippen LogP contribution in [0.5, 0.6) is 0 Å². The number of aliphatic hydroxyl groups is 1. The Kier molecular flexibility index (Phi) is 9.22. The number of fused-ring (bicyclic) bond motifs is 1. The van der Waals surface area contributed by atoms with Crippen LogP contribution >= 0.6 is 11.3 Å². The van der Waals surface area contributed by atoms with Gasteiger partial charge >= 0.3 is 0 Å². The Hall–Kier alpha value is -3.18. The molecule has 0 spiro atoms. The standard InChI is InChI=1S/C28H35N5O4S/c1-18-5-6-20(11-19(18)2)13-31-27(36)23-16-33(9-10-37-4)28-22(26(23)35)12-21(38-28)15-32(3)17-25(34)24-14-29-7-8-30-24/h5-8,12,14,16,19,25,34H,9-11,13,15,17H2,1-4H3,(H,31,36). The van der Waals surface area contributed by atoms with Crippen LogP contribution in [0.4, 0.5) is 0 Å². The van der Waals surface area contributed by atoms with Crippen molar-refractivity contribution in [3.63, 3.8) is 0 Å². The first-order valence-electron chi connectivity index (χ1n) is 12.7. The smallest absolute Gasteiger partial charge is 0.257 e. The number of nitrogens with zero attached hydrogens (tertiary/aromatic N) is 4. The maximum atomic E-state index is 13.4. The molecule has 0 aromatic carbocycles. The Morgan fingerprint density at radius 2 is 2.18 bits per heavy atom. The third-order valence-corrected chi connectivity index (χ3v) is 7.97. The van der Waals surface area contributed by atoms with E-state index in [-0.39, 0.29) is 16.9 Å². The van der Waals surface area contributed by atoms with Crippen molar-refractivity contribution in [3.05, 3.63) is 80.5 Å². The lowest BCUT2D eigenvalue weighted by Gasteiger charge is -2.19. The van der Waals surface area contributed by atoms with Crippen LogP contribution in [0.3, 0.4) is 0 Å². The average molecular weight is 538 g/mol. The van der Waals surface area contributed by atoms with Gasteiger partial charge in [0.05, 0.1) is 23.9 Å². The topological polar surface area (TPSA) is 110 Å².